The third kappa shape index (κ3) is 2.78. The number of thioether (sulfide) groups is 1. The first kappa shape index (κ1) is 13.8. The average Bonchev–Trinajstić information content (AvgIpc) is 3.06. The highest BCUT2D eigenvalue weighted by atomic mass is 32.2. The van der Waals surface area contributed by atoms with Crippen LogP contribution in [0.15, 0.2) is 66.1 Å². The Balaban J connectivity index is 1.68. The molecule has 0 aliphatic rings. The normalized spacial score (nSPS) is 11.0. The Labute approximate surface area is 136 Å². The molecule has 0 aliphatic heterocycles. The highest BCUT2D eigenvalue weighted by Crippen LogP contribution is 2.26. The lowest BCUT2D eigenvalue weighted by atomic mass is 10.3. The van der Waals surface area contributed by atoms with Gasteiger partial charge in [0.05, 0.1) is 11.4 Å². The van der Waals surface area contributed by atoms with Crippen molar-refractivity contribution in [3.8, 4) is 5.69 Å². The number of rotatable bonds is 4. The number of pyridine rings is 1. The standard InChI is InChI=1S/C16H12N6S/c1-2-7-13(8-3-1)22-15-14(20-21-22)16(19-11-18-15)23-10-12-6-4-5-9-17-12/h1-9,11H,10H2. The lowest BCUT2D eigenvalue weighted by Crippen LogP contribution is -1.97. The highest BCUT2D eigenvalue weighted by molar-refractivity contribution is 7.98. The zero-order valence-electron chi connectivity index (χ0n) is 12.1. The van der Waals surface area contributed by atoms with Crippen molar-refractivity contribution in [3.05, 3.63) is 66.7 Å². The second kappa shape index (κ2) is 6.13. The van der Waals surface area contributed by atoms with Crippen molar-refractivity contribution < 1.29 is 0 Å². The van der Waals surface area contributed by atoms with Gasteiger partial charge >= 0.3 is 0 Å². The summed E-state index contributed by atoms with van der Waals surface area (Å²) in [6.07, 6.45) is 3.34. The van der Waals surface area contributed by atoms with Gasteiger partial charge in [-0.3, -0.25) is 4.98 Å². The summed E-state index contributed by atoms with van der Waals surface area (Å²) in [6.45, 7) is 0. The molecule has 4 rings (SSSR count). The molecule has 3 aromatic heterocycles. The molecule has 0 bridgehead atoms. The smallest absolute Gasteiger partial charge is 0.187 e. The van der Waals surface area contributed by atoms with Gasteiger partial charge in [-0.15, -0.1) is 5.10 Å². The van der Waals surface area contributed by atoms with Crippen LogP contribution in [0, 0.1) is 0 Å². The predicted molar refractivity (Wildman–Crippen MR) is 88.3 cm³/mol. The van der Waals surface area contributed by atoms with E-state index in [0.717, 1.165) is 22.2 Å². The molecule has 7 heteroatoms. The second-order valence-corrected chi connectivity index (χ2v) is 5.76. The van der Waals surface area contributed by atoms with Gasteiger partial charge in [-0.2, -0.15) is 4.68 Å². The van der Waals surface area contributed by atoms with Crippen LogP contribution in [-0.4, -0.2) is 29.9 Å². The van der Waals surface area contributed by atoms with Crippen molar-refractivity contribution in [2.24, 2.45) is 0 Å². The Morgan fingerprint density at radius 2 is 1.78 bits per heavy atom. The van der Waals surface area contributed by atoms with Crippen LogP contribution in [0.3, 0.4) is 0 Å². The first-order valence-electron chi connectivity index (χ1n) is 7.06. The van der Waals surface area contributed by atoms with E-state index >= 15 is 0 Å². The molecular formula is C16H12N6S. The number of nitrogens with zero attached hydrogens (tertiary/aromatic N) is 6. The van der Waals surface area contributed by atoms with Crippen LogP contribution >= 0.6 is 11.8 Å². The Morgan fingerprint density at radius 3 is 2.61 bits per heavy atom. The van der Waals surface area contributed by atoms with Crippen molar-refractivity contribution in [2.45, 2.75) is 10.8 Å². The van der Waals surface area contributed by atoms with Crippen molar-refractivity contribution in [3.63, 3.8) is 0 Å². The maximum absolute atomic E-state index is 4.34. The van der Waals surface area contributed by atoms with E-state index in [4.69, 9.17) is 0 Å². The van der Waals surface area contributed by atoms with Crippen LogP contribution in [-0.2, 0) is 5.75 Å². The molecule has 23 heavy (non-hydrogen) atoms. The molecule has 0 saturated heterocycles. The van der Waals surface area contributed by atoms with Crippen LogP contribution in [0.2, 0.25) is 0 Å². The van der Waals surface area contributed by atoms with Gasteiger partial charge in [-0.1, -0.05) is 41.2 Å². The fourth-order valence-corrected chi connectivity index (χ4v) is 3.05. The Hall–Kier alpha value is -2.80. The summed E-state index contributed by atoms with van der Waals surface area (Å²) in [4.78, 5) is 13.0. The zero-order chi connectivity index (χ0) is 15.5. The molecule has 1 aromatic carbocycles. The van der Waals surface area contributed by atoms with Gasteiger partial charge in [0.25, 0.3) is 0 Å². The van der Waals surface area contributed by atoms with Crippen molar-refractivity contribution in [1.29, 1.82) is 0 Å². The summed E-state index contributed by atoms with van der Waals surface area (Å²) in [7, 11) is 0. The van der Waals surface area contributed by atoms with Crippen LogP contribution in [0.25, 0.3) is 16.9 Å². The Morgan fingerprint density at radius 1 is 0.913 bits per heavy atom. The van der Waals surface area contributed by atoms with E-state index in [1.807, 2.05) is 48.5 Å². The van der Waals surface area contributed by atoms with Crippen molar-refractivity contribution >= 4 is 22.9 Å². The number of benzene rings is 1. The van der Waals surface area contributed by atoms with Crippen LogP contribution in [0.4, 0.5) is 0 Å². The topological polar surface area (TPSA) is 69.4 Å². The molecule has 0 aliphatic carbocycles. The minimum atomic E-state index is 0.703. The third-order valence-electron chi connectivity index (χ3n) is 3.29. The lowest BCUT2D eigenvalue weighted by Gasteiger charge is -2.02. The molecule has 6 nitrogen and oxygen atoms in total. The van der Waals surface area contributed by atoms with Crippen LogP contribution < -0.4 is 0 Å². The van der Waals surface area contributed by atoms with E-state index in [0.29, 0.717) is 11.2 Å². The molecule has 4 aromatic rings. The molecule has 0 N–H and O–H groups in total. The minimum Gasteiger partial charge on any atom is -0.260 e. The quantitative estimate of drug-likeness (QED) is 0.425. The highest BCUT2D eigenvalue weighted by Gasteiger charge is 2.13. The van der Waals surface area contributed by atoms with E-state index in [1.165, 1.54) is 0 Å². The molecule has 0 fully saturated rings. The molecule has 0 unspecified atom stereocenters. The first-order valence-corrected chi connectivity index (χ1v) is 8.05. The zero-order valence-corrected chi connectivity index (χ0v) is 12.9. The molecule has 0 spiro atoms. The van der Waals surface area contributed by atoms with Gasteiger partial charge in [0.2, 0.25) is 0 Å². The van der Waals surface area contributed by atoms with E-state index in [-0.39, 0.29) is 0 Å². The summed E-state index contributed by atoms with van der Waals surface area (Å²) in [5.41, 5.74) is 3.33. The van der Waals surface area contributed by atoms with E-state index < -0.39 is 0 Å². The van der Waals surface area contributed by atoms with Gasteiger partial charge < -0.3 is 0 Å². The number of hydrogen-bond donors (Lipinski definition) is 0. The van der Waals surface area contributed by atoms with E-state index in [1.54, 1.807) is 29.0 Å². The Kier molecular flexibility index (Phi) is 3.69. The number of fused-ring (bicyclic) bond motifs is 1. The van der Waals surface area contributed by atoms with Gasteiger partial charge in [0.1, 0.15) is 11.4 Å². The summed E-state index contributed by atoms with van der Waals surface area (Å²) in [5, 5.41) is 9.28. The van der Waals surface area contributed by atoms with Crippen LogP contribution in [0.5, 0.6) is 0 Å². The lowest BCUT2D eigenvalue weighted by molar-refractivity contribution is 0.817. The van der Waals surface area contributed by atoms with Crippen molar-refractivity contribution in [1.82, 2.24) is 29.9 Å². The molecule has 112 valence electrons. The first-order chi connectivity index (χ1) is 11.4. The van der Waals surface area contributed by atoms with Gasteiger partial charge in [0, 0.05) is 11.9 Å². The molecule has 0 amide bonds. The number of hydrogen-bond acceptors (Lipinski definition) is 6. The van der Waals surface area contributed by atoms with Crippen molar-refractivity contribution in [2.75, 3.05) is 0 Å². The van der Waals surface area contributed by atoms with Gasteiger partial charge in [-0.05, 0) is 24.3 Å². The average molecular weight is 320 g/mol. The fraction of sp³-hybridized carbons (Fsp3) is 0.0625. The second-order valence-electron chi connectivity index (χ2n) is 4.80. The van der Waals surface area contributed by atoms with Gasteiger partial charge in [0.15, 0.2) is 11.2 Å². The molecular weight excluding hydrogens is 308 g/mol. The number of para-hydroxylation sites is 1. The SMILES string of the molecule is c1ccc(-n2nnc3c(SCc4ccccn4)ncnc32)cc1. The molecule has 0 radical (unpaired) electrons. The summed E-state index contributed by atoms with van der Waals surface area (Å²) >= 11 is 1.58. The van der Waals surface area contributed by atoms with E-state index in [2.05, 4.69) is 25.3 Å². The maximum Gasteiger partial charge on any atom is 0.187 e. The van der Waals surface area contributed by atoms with E-state index in [9.17, 15) is 0 Å². The maximum atomic E-state index is 4.34. The fourth-order valence-electron chi connectivity index (χ4n) is 2.20. The Bertz CT molecular complexity index is 923. The van der Waals surface area contributed by atoms with Crippen LogP contribution in [0.1, 0.15) is 5.69 Å². The molecule has 0 atom stereocenters. The van der Waals surface area contributed by atoms with Gasteiger partial charge in [-0.25, -0.2) is 9.97 Å². The minimum absolute atomic E-state index is 0.703. The monoisotopic (exact) mass is 320 g/mol. The molecule has 0 saturated carbocycles. The number of aromatic nitrogens is 6. The molecule has 3 heterocycles. The summed E-state index contributed by atoms with van der Waals surface area (Å²) < 4.78 is 1.72. The third-order valence-corrected chi connectivity index (χ3v) is 4.30. The predicted octanol–water partition coefficient (Wildman–Crippen LogP) is 2.90. The summed E-state index contributed by atoms with van der Waals surface area (Å²) in [5.74, 6) is 0.727. The largest absolute Gasteiger partial charge is 0.260 e. The summed E-state index contributed by atoms with van der Waals surface area (Å²) in [6, 6.07) is 15.7.